The molecule has 0 saturated heterocycles. The monoisotopic (exact) mass is 853 g/mol. The summed E-state index contributed by atoms with van der Waals surface area (Å²) in [5.41, 5.74) is 0. The van der Waals surface area contributed by atoms with E-state index in [1.54, 1.807) is 0 Å². The highest BCUT2D eigenvalue weighted by Gasteiger charge is 2.19. The Morgan fingerprint density at radius 2 is 0.689 bits per heavy atom. The molecule has 0 fully saturated rings. The maximum Gasteiger partial charge on any atom is 0.306 e. The topological polar surface area (TPSA) is 78.9 Å². The molecule has 0 aliphatic heterocycles. The van der Waals surface area contributed by atoms with Crippen molar-refractivity contribution in [2.75, 3.05) is 13.2 Å². The lowest BCUT2D eigenvalue weighted by Crippen LogP contribution is -2.30. The van der Waals surface area contributed by atoms with E-state index in [0.29, 0.717) is 19.3 Å². The van der Waals surface area contributed by atoms with Crippen molar-refractivity contribution in [1.29, 1.82) is 0 Å². The molecule has 0 radical (unpaired) electrons. The predicted molar refractivity (Wildman–Crippen MR) is 261 cm³/mol. The average Bonchev–Trinajstić information content (AvgIpc) is 3.26. The van der Waals surface area contributed by atoms with Crippen LogP contribution in [0.2, 0.25) is 0 Å². The Bertz CT molecular complexity index is 1120. The Hall–Kier alpha value is -2.89. The minimum atomic E-state index is -0.794. The van der Waals surface area contributed by atoms with Crippen molar-refractivity contribution in [3.8, 4) is 0 Å². The van der Waals surface area contributed by atoms with Gasteiger partial charge in [0.1, 0.15) is 13.2 Å². The third-order valence-corrected chi connectivity index (χ3v) is 11.0. The number of hydrogen-bond acceptors (Lipinski definition) is 6. The molecule has 1 unspecified atom stereocenters. The summed E-state index contributed by atoms with van der Waals surface area (Å²) in [6, 6.07) is 0. The van der Waals surface area contributed by atoms with E-state index in [9.17, 15) is 14.4 Å². The molecule has 61 heavy (non-hydrogen) atoms. The minimum Gasteiger partial charge on any atom is -0.462 e. The Balaban J connectivity index is 4.44. The number of hydrogen-bond donors (Lipinski definition) is 0. The number of unbranched alkanes of at least 4 members (excludes halogenated alkanes) is 26. The van der Waals surface area contributed by atoms with Gasteiger partial charge in [0.05, 0.1) is 0 Å². The molecule has 0 aromatic heterocycles. The van der Waals surface area contributed by atoms with E-state index in [4.69, 9.17) is 14.2 Å². The van der Waals surface area contributed by atoms with Crippen LogP contribution in [0.3, 0.4) is 0 Å². The van der Waals surface area contributed by atoms with Crippen LogP contribution in [0.15, 0.2) is 60.8 Å². The summed E-state index contributed by atoms with van der Waals surface area (Å²) in [6.45, 7) is 6.48. The van der Waals surface area contributed by atoms with Crippen LogP contribution >= 0.6 is 0 Å². The predicted octanol–water partition coefficient (Wildman–Crippen LogP) is 16.9. The number of rotatable bonds is 46. The van der Waals surface area contributed by atoms with E-state index in [-0.39, 0.29) is 31.1 Å². The standard InChI is InChI=1S/C55H96O6/c1-4-7-10-13-16-19-22-25-27-28-31-33-36-39-42-45-48-54(57)60-51-52(50-59-53(56)47-44-41-38-35-32-29-24-21-18-15-12-9-6-3)61-55(58)49-46-43-40-37-34-30-26-23-20-17-14-11-8-5-2/h8,11,17,20,26-28,30-31,33,52H,4-7,9-10,12-16,18-19,21-25,29,32,34-51H2,1-3H3/b11-8-,20-17-,28-27-,30-26-,33-31-. The number of esters is 3. The molecule has 0 amide bonds. The van der Waals surface area contributed by atoms with Crippen molar-refractivity contribution in [2.24, 2.45) is 0 Å². The molecular formula is C55H96O6. The van der Waals surface area contributed by atoms with E-state index < -0.39 is 6.10 Å². The van der Waals surface area contributed by atoms with Gasteiger partial charge >= 0.3 is 17.9 Å². The van der Waals surface area contributed by atoms with E-state index in [1.165, 1.54) is 109 Å². The van der Waals surface area contributed by atoms with E-state index in [0.717, 1.165) is 103 Å². The summed E-state index contributed by atoms with van der Waals surface area (Å²) in [5, 5.41) is 0. The van der Waals surface area contributed by atoms with Gasteiger partial charge in [-0.25, -0.2) is 0 Å². The Kier molecular flexibility index (Phi) is 47.4. The smallest absolute Gasteiger partial charge is 0.306 e. The molecule has 1 atom stereocenters. The fourth-order valence-corrected chi connectivity index (χ4v) is 7.15. The number of allylic oxidation sites excluding steroid dienone is 10. The van der Waals surface area contributed by atoms with Crippen molar-refractivity contribution in [1.82, 2.24) is 0 Å². The molecule has 0 N–H and O–H groups in total. The van der Waals surface area contributed by atoms with Gasteiger partial charge in [-0.05, 0) is 77.0 Å². The zero-order chi connectivity index (χ0) is 44.4. The number of ether oxygens (including phenoxy) is 3. The molecule has 0 aliphatic carbocycles. The molecule has 6 heteroatoms. The number of carbonyl (C=O) groups excluding carboxylic acids is 3. The van der Waals surface area contributed by atoms with Crippen LogP contribution in [-0.2, 0) is 28.6 Å². The van der Waals surface area contributed by atoms with Crippen LogP contribution in [0.25, 0.3) is 0 Å². The lowest BCUT2D eigenvalue weighted by atomic mass is 10.0. The van der Waals surface area contributed by atoms with E-state index in [2.05, 4.69) is 81.5 Å². The maximum atomic E-state index is 12.8. The largest absolute Gasteiger partial charge is 0.462 e. The molecule has 352 valence electrons. The first-order chi connectivity index (χ1) is 30.0. The third kappa shape index (κ3) is 48.0. The van der Waals surface area contributed by atoms with Crippen molar-refractivity contribution >= 4 is 17.9 Å². The van der Waals surface area contributed by atoms with Gasteiger partial charge in [-0.1, -0.05) is 216 Å². The first-order valence-corrected chi connectivity index (χ1v) is 25.8. The first-order valence-electron chi connectivity index (χ1n) is 25.8. The highest BCUT2D eigenvalue weighted by atomic mass is 16.6. The molecular weight excluding hydrogens is 757 g/mol. The Morgan fingerprint density at radius 3 is 1.11 bits per heavy atom. The molecule has 0 aliphatic rings. The van der Waals surface area contributed by atoms with Crippen molar-refractivity contribution in [3.63, 3.8) is 0 Å². The van der Waals surface area contributed by atoms with Gasteiger partial charge in [0.2, 0.25) is 0 Å². The second-order valence-electron chi connectivity index (χ2n) is 17.1. The van der Waals surface area contributed by atoms with Crippen molar-refractivity contribution in [2.45, 2.75) is 258 Å². The van der Waals surface area contributed by atoms with Crippen LogP contribution in [0, 0.1) is 0 Å². The molecule has 0 rings (SSSR count). The van der Waals surface area contributed by atoms with Crippen LogP contribution in [0.1, 0.15) is 252 Å². The molecule has 0 bridgehead atoms. The van der Waals surface area contributed by atoms with Crippen LogP contribution < -0.4 is 0 Å². The Labute approximate surface area is 377 Å². The average molecular weight is 853 g/mol. The van der Waals surface area contributed by atoms with Gasteiger partial charge in [-0.3, -0.25) is 14.4 Å². The maximum absolute atomic E-state index is 12.8. The molecule has 0 aromatic rings. The van der Waals surface area contributed by atoms with Gasteiger partial charge in [-0.2, -0.15) is 0 Å². The van der Waals surface area contributed by atoms with Crippen LogP contribution in [-0.4, -0.2) is 37.2 Å². The van der Waals surface area contributed by atoms with Crippen molar-refractivity contribution < 1.29 is 28.6 Å². The summed E-state index contributed by atoms with van der Waals surface area (Å²) >= 11 is 0. The zero-order valence-corrected chi connectivity index (χ0v) is 40.2. The summed E-state index contributed by atoms with van der Waals surface area (Å²) in [6.07, 6.45) is 60.6. The van der Waals surface area contributed by atoms with E-state index in [1.807, 2.05) is 0 Å². The SMILES string of the molecule is CC/C=C\C/C=C\C/C=C\CCCCCCC(=O)OC(COC(=O)CCCCC/C=C\C=C/CCCCCCCCC)COC(=O)CCCCCCCCCCCCCCC. The second-order valence-corrected chi connectivity index (χ2v) is 17.1. The van der Waals surface area contributed by atoms with Crippen molar-refractivity contribution in [3.05, 3.63) is 60.8 Å². The number of carbonyl (C=O) groups is 3. The highest BCUT2D eigenvalue weighted by Crippen LogP contribution is 2.15. The summed E-state index contributed by atoms with van der Waals surface area (Å²) in [5.74, 6) is -0.936. The zero-order valence-electron chi connectivity index (χ0n) is 40.2. The molecule has 0 aromatic carbocycles. The lowest BCUT2D eigenvalue weighted by molar-refractivity contribution is -0.167. The molecule has 0 spiro atoms. The quantitative estimate of drug-likeness (QED) is 0.0200. The van der Waals surface area contributed by atoms with Gasteiger partial charge in [0, 0.05) is 19.3 Å². The van der Waals surface area contributed by atoms with Crippen LogP contribution in [0.4, 0.5) is 0 Å². The molecule has 6 nitrogen and oxygen atoms in total. The highest BCUT2D eigenvalue weighted by molar-refractivity contribution is 5.71. The van der Waals surface area contributed by atoms with Gasteiger partial charge in [0.15, 0.2) is 6.10 Å². The Morgan fingerprint density at radius 1 is 0.361 bits per heavy atom. The lowest BCUT2D eigenvalue weighted by Gasteiger charge is -2.18. The minimum absolute atomic E-state index is 0.0902. The summed E-state index contributed by atoms with van der Waals surface area (Å²) in [4.78, 5) is 37.9. The summed E-state index contributed by atoms with van der Waals surface area (Å²) < 4.78 is 16.8. The van der Waals surface area contributed by atoms with Gasteiger partial charge in [-0.15, -0.1) is 0 Å². The van der Waals surface area contributed by atoms with E-state index >= 15 is 0 Å². The van der Waals surface area contributed by atoms with Gasteiger partial charge < -0.3 is 14.2 Å². The normalized spacial score (nSPS) is 12.5. The van der Waals surface area contributed by atoms with Crippen LogP contribution in [0.5, 0.6) is 0 Å². The fourth-order valence-electron chi connectivity index (χ4n) is 7.15. The molecule has 0 saturated carbocycles. The summed E-state index contributed by atoms with van der Waals surface area (Å²) in [7, 11) is 0. The third-order valence-electron chi connectivity index (χ3n) is 11.0. The second kappa shape index (κ2) is 49.8. The first kappa shape index (κ1) is 58.1. The van der Waals surface area contributed by atoms with Gasteiger partial charge in [0.25, 0.3) is 0 Å². The fraction of sp³-hybridized carbons (Fsp3) is 0.764. The molecule has 0 heterocycles.